The molecule has 6 heteroatoms. The minimum absolute atomic E-state index is 0.197. The molecule has 0 saturated carbocycles. The number of methoxy groups -OCH3 is 1. The summed E-state index contributed by atoms with van der Waals surface area (Å²) in [5.74, 6) is 0. The van der Waals surface area contributed by atoms with E-state index < -0.39 is 6.10 Å². The lowest BCUT2D eigenvalue weighted by atomic mass is 10.2. The molecule has 0 saturated heterocycles. The van der Waals surface area contributed by atoms with Gasteiger partial charge < -0.3 is 14.6 Å². The molecule has 0 radical (unpaired) electrons. The van der Waals surface area contributed by atoms with Crippen LogP contribution in [-0.4, -0.2) is 46.1 Å². The lowest BCUT2D eigenvalue weighted by Gasteiger charge is -2.12. The summed E-state index contributed by atoms with van der Waals surface area (Å²) >= 11 is 0. The average molecular weight is 337 g/mol. The lowest BCUT2D eigenvalue weighted by molar-refractivity contribution is -0.0244. The number of ether oxygens (including phenoxy) is 2. The summed E-state index contributed by atoms with van der Waals surface area (Å²) < 4.78 is 12.6. The number of hydrogen-bond donors (Lipinski definition) is 1. The molecule has 0 aliphatic carbocycles. The molecule has 2 aromatic carbocycles. The van der Waals surface area contributed by atoms with Gasteiger partial charge in [0.1, 0.15) is 18.4 Å². The molecule has 25 heavy (non-hydrogen) atoms. The van der Waals surface area contributed by atoms with E-state index in [0.29, 0.717) is 0 Å². The largest absolute Gasteiger partial charge is 0.388 e. The first-order valence-electron chi connectivity index (χ1n) is 8.16. The number of nitrogens with zero attached hydrogens (tertiary/aromatic N) is 3. The van der Waals surface area contributed by atoms with E-state index in [4.69, 9.17) is 19.4 Å². The van der Waals surface area contributed by atoms with Crippen molar-refractivity contribution in [3.05, 3.63) is 48.5 Å². The van der Waals surface area contributed by atoms with Crippen molar-refractivity contribution >= 4 is 33.1 Å². The molecule has 1 atom stereocenters. The molecule has 0 spiro atoms. The molecule has 128 valence electrons. The summed E-state index contributed by atoms with van der Waals surface area (Å²) in [5.41, 5.74) is 4.36. The fourth-order valence-electron chi connectivity index (χ4n) is 3.03. The molecule has 0 fully saturated rings. The number of hydrogen-bond acceptors (Lipinski definition) is 5. The Bertz CT molecular complexity index is 1030. The molecular formula is C19H19N3O3. The first-order valence-corrected chi connectivity index (χ1v) is 8.16. The van der Waals surface area contributed by atoms with Crippen molar-refractivity contribution < 1.29 is 14.6 Å². The molecule has 0 bridgehead atoms. The normalized spacial score (nSPS) is 13.0. The van der Waals surface area contributed by atoms with Crippen LogP contribution < -0.4 is 0 Å². The van der Waals surface area contributed by atoms with Crippen LogP contribution in [0.15, 0.2) is 48.5 Å². The van der Waals surface area contributed by atoms with Gasteiger partial charge in [0.05, 0.1) is 29.8 Å². The smallest absolute Gasteiger partial charge is 0.162 e. The van der Waals surface area contributed by atoms with Crippen LogP contribution in [-0.2, 0) is 16.2 Å². The second-order valence-corrected chi connectivity index (χ2v) is 5.94. The Morgan fingerprint density at radius 1 is 1.00 bits per heavy atom. The molecular weight excluding hydrogens is 318 g/mol. The Hall–Kier alpha value is -2.54. The summed E-state index contributed by atoms with van der Waals surface area (Å²) in [6.45, 7) is 0.734. The van der Waals surface area contributed by atoms with Gasteiger partial charge in [-0.1, -0.05) is 30.3 Å². The lowest BCUT2D eigenvalue weighted by Crippen LogP contribution is -2.21. The SMILES string of the molecule is COCC(O)COCn1c2ccccc2c2nc3ccccc3nc21. The van der Waals surface area contributed by atoms with Gasteiger partial charge in [-0.15, -0.1) is 0 Å². The Morgan fingerprint density at radius 2 is 1.72 bits per heavy atom. The van der Waals surface area contributed by atoms with Gasteiger partial charge >= 0.3 is 0 Å². The van der Waals surface area contributed by atoms with E-state index in [-0.39, 0.29) is 19.9 Å². The highest BCUT2D eigenvalue weighted by Gasteiger charge is 2.14. The monoisotopic (exact) mass is 337 g/mol. The molecule has 4 rings (SSSR count). The summed E-state index contributed by atoms with van der Waals surface area (Å²) in [7, 11) is 1.55. The van der Waals surface area contributed by atoms with Crippen molar-refractivity contribution in [3.63, 3.8) is 0 Å². The van der Waals surface area contributed by atoms with Crippen LogP contribution in [0.3, 0.4) is 0 Å². The minimum atomic E-state index is -0.648. The third-order valence-electron chi connectivity index (χ3n) is 4.15. The van der Waals surface area contributed by atoms with Crippen LogP contribution in [0.4, 0.5) is 0 Å². The van der Waals surface area contributed by atoms with Crippen molar-refractivity contribution in [1.29, 1.82) is 0 Å². The van der Waals surface area contributed by atoms with Crippen LogP contribution in [0, 0.1) is 0 Å². The maximum absolute atomic E-state index is 9.76. The summed E-state index contributed by atoms with van der Waals surface area (Å²) in [5, 5.41) is 10.8. The van der Waals surface area contributed by atoms with Crippen LogP contribution >= 0.6 is 0 Å². The first-order chi connectivity index (χ1) is 12.3. The van der Waals surface area contributed by atoms with Gasteiger partial charge in [-0.2, -0.15) is 0 Å². The van der Waals surface area contributed by atoms with E-state index in [1.165, 1.54) is 0 Å². The third kappa shape index (κ3) is 2.95. The topological polar surface area (TPSA) is 69.4 Å². The Morgan fingerprint density at radius 3 is 2.52 bits per heavy atom. The first kappa shape index (κ1) is 16.0. The van der Waals surface area contributed by atoms with E-state index in [0.717, 1.165) is 33.1 Å². The average Bonchev–Trinajstić information content (AvgIpc) is 2.94. The molecule has 6 nitrogen and oxygen atoms in total. The number of fused-ring (bicyclic) bond motifs is 4. The van der Waals surface area contributed by atoms with Crippen LogP contribution in [0.5, 0.6) is 0 Å². The number of aliphatic hydroxyl groups is 1. The zero-order valence-corrected chi connectivity index (χ0v) is 13.9. The second-order valence-electron chi connectivity index (χ2n) is 5.94. The summed E-state index contributed by atoms with van der Waals surface area (Å²) in [6.07, 6.45) is -0.648. The van der Waals surface area contributed by atoms with Crippen molar-refractivity contribution in [2.75, 3.05) is 20.3 Å². The van der Waals surface area contributed by atoms with E-state index in [9.17, 15) is 5.11 Å². The van der Waals surface area contributed by atoms with E-state index in [2.05, 4.69) is 0 Å². The maximum atomic E-state index is 9.76. The summed E-state index contributed by atoms with van der Waals surface area (Å²) in [6, 6.07) is 15.9. The van der Waals surface area contributed by atoms with Gasteiger partial charge in [0.25, 0.3) is 0 Å². The highest BCUT2D eigenvalue weighted by molar-refractivity contribution is 6.06. The molecule has 2 aromatic heterocycles. The number of aromatic nitrogens is 3. The van der Waals surface area contributed by atoms with Crippen molar-refractivity contribution in [3.8, 4) is 0 Å². The van der Waals surface area contributed by atoms with Crippen molar-refractivity contribution in [1.82, 2.24) is 14.5 Å². The minimum Gasteiger partial charge on any atom is -0.388 e. The standard InChI is InChI=1S/C19H19N3O3/c1-24-10-13(23)11-25-12-22-17-9-5-2-6-14(17)18-19(22)21-16-8-4-3-7-15(16)20-18/h2-9,13,23H,10-12H2,1H3. The fraction of sp³-hybridized carbons (Fsp3) is 0.263. The quantitative estimate of drug-likeness (QED) is 0.586. The van der Waals surface area contributed by atoms with Gasteiger partial charge in [-0.05, 0) is 18.2 Å². The molecule has 1 N–H and O–H groups in total. The number of aliphatic hydroxyl groups excluding tert-OH is 1. The second kappa shape index (κ2) is 6.76. The molecule has 0 aliphatic heterocycles. The van der Waals surface area contributed by atoms with Gasteiger partial charge in [-0.25, -0.2) is 9.97 Å². The molecule has 0 aliphatic rings. The Balaban J connectivity index is 1.79. The number of para-hydroxylation sites is 3. The fourth-order valence-corrected chi connectivity index (χ4v) is 3.03. The Kier molecular flexibility index (Phi) is 4.31. The van der Waals surface area contributed by atoms with Crippen molar-refractivity contribution in [2.45, 2.75) is 12.8 Å². The maximum Gasteiger partial charge on any atom is 0.162 e. The van der Waals surface area contributed by atoms with Crippen molar-refractivity contribution in [2.24, 2.45) is 0 Å². The van der Waals surface area contributed by atoms with E-state index in [1.807, 2.05) is 53.1 Å². The van der Waals surface area contributed by atoms with E-state index in [1.54, 1.807) is 7.11 Å². The predicted octanol–water partition coefficient (Wildman–Crippen LogP) is 2.72. The van der Waals surface area contributed by atoms with Crippen LogP contribution in [0.1, 0.15) is 0 Å². The summed E-state index contributed by atoms with van der Waals surface area (Å²) in [4.78, 5) is 9.57. The Labute approximate surface area is 144 Å². The molecule has 4 aromatic rings. The predicted molar refractivity (Wildman–Crippen MR) is 96.4 cm³/mol. The highest BCUT2D eigenvalue weighted by atomic mass is 16.5. The number of benzene rings is 2. The molecule has 1 unspecified atom stereocenters. The molecule has 0 amide bonds. The third-order valence-corrected chi connectivity index (χ3v) is 4.15. The zero-order valence-electron chi connectivity index (χ0n) is 13.9. The van der Waals surface area contributed by atoms with Gasteiger partial charge in [0, 0.05) is 12.5 Å². The van der Waals surface area contributed by atoms with E-state index >= 15 is 0 Å². The van der Waals surface area contributed by atoms with Gasteiger partial charge in [-0.3, -0.25) is 4.57 Å². The van der Waals surface area contributed by atoms with Crippen LogP contribution in [0.25, 0.3) is 33.1 Å². The zero-order chi connectivity index (χ0) is 17.2. The molecule has 2 heterocycles. The highest BCUT2D eigenvalue weighted by Crippen LogP contribution is 2.28. The van der Waals surface area contributed by atoms with Crippen LogP contribution in [0.2, 0.25) is 0 Å². The van der Waals surface area contributed by atoms with Gasteiger partial charge in [0.2, 0.25) is 0 Å². The van der Waals surface area contributed by atoms with Gasteiger partial charge in [0.15, 0.2) is 5.65 Å². The number of rotatable bonds is 6.